The van der Waals surface area contributed by atoms with Crippen LogP contribution < -0.4 is 5.32 Å². The van der Waals surface area contributed by atoms with Crippen LogP contribution in [0.4, 0.5) is 0 Å². The van der Waals surface area contributed by atoms with Gasteiger partial charge in [-0.25, -0.2) is 4.79 Å². The van der Waals surface area contributed by atoms with Crippen molar-refractivity contribution < 1.29 is 19.2 Å². The zero-order chi connectivity index (χ0) is 13.9. The summed E-state index contributed by atoms with van der Waals surface area (Å²) in [4.78, 5) is 22.3. The largest absolute Gasteiger partial charge is 0.475 e. The Kier molecular flexibility index (Phi) is 4.11. The Hall–Kier alpha value is -1.85. The van der Waals surface area contributed by atoms with E-state index in [0.29, 0.717) is 12.5 Å². The van der Waals surface area contributed by atoms with Crippen molar-refractivity contribution >= 4 is 11.9 Å². The number of carbonyl (C=O) groups excluding carboxylic acids is 1. The molecule has 1 amide bonds. The number of aromatic carboxylic acids is 1. The number of carboxylic acids is 1. The standard InChI is InChI=1S/C12H18N2O4/c1-7(2)12(3,4)6-13-10(15)8-5-9(11(16)17)18-14-8/h5,7H,6H2,1-4H3,(H,13,15)(H,16,17). The number of nitrogens with one attached hydrogen (secondary N) is 1. The van der Waals surface area contributed by atoms with Crippen LogP contribution >= 0.6 is 0 Å². The highest BCUT2D eigenvalue weighted by atomic mass is 16.5. The molecule has 0 saturated carbocycles. The van der Waals surface area contributed by atoms with Gasteiger partial charge >= 0.3 is 5.97 Å². The van der Waals surface area contributed by atoms with E-state index in [4.69, 9.17) is 5.11 Å². The first-order valence-electron chi connectivity index (χ1n) is 5.72. The number of nitrogens with zero attached hydrogens (tertiary/aromatic N) is 1. The molecule has 18 heavy (non-hydrogen) atoms. The third kappa shape index (κ3) is 3.32. The van der Waals surface area contributed by atoms with Gasteiger partial charge in [0.05, 0.1) is 0 Å². The van der Waals surface area contributed by atoms with E-state index < -0.39 is 11.9 Å². The lowest BCUT2D eigenvalue weighted by Gasteiger charge is -2.29. The van der Waals surface area contributed by atoms with Crippen molar-refractivity contribution in [3.8, 4) is 0 Å². The molecule has 0 atom stereocenters. The SMILES string of the molecule is CC(C)C(C)(C)CNC(=O)c1cc(C(=O)O)on1. The quantitative estimate of drug-likeness (QED) is 0.835. The Balaban J connectivity index is 2.63. The third-order valence-electron chi connectivity index (χ3n) is 3.22. The molecular formula is C12H18N2O4. The van der Waals surface area contributed by atoms with E-state index in [-0.39, 0.29) is 16.9 Å². The maximum absolute atomic E-state index is 11.7. The molecule has 6 heteroatoms. The fourth-order valence-electron chi connectivity index (χ4n) is 1.09. The molecule has 0 spiro atoms. The average molecular weight is 254 g/mol. The van der Waals surface area contributed by atoms with Crippen LogP contribution in [0.5, 0.6) is 0 Å². The molecule has 1 aromatic heterocycles. The minimum absolute atomic E-state index is 0.0213. The summed E-state index contributed by atoms with van der Waals surface area (Å²) in [5.41, 5.74) is -0.0679. The first-order valence-corrected chi connectivity index (χ1v) is 5.72. The third-order valence-corrected chi connectivity index (χ3v) is 3.22. The summed E-state index contributed by atoms with van der Waals surface area (Å²) in [7, 11) is 0. The van der Waals surface area contributed by atoms with E-state index in [0.717, 1.165) is 6.07 Å². The van der Waals surface area contributed by atoms with Crippen LogP contribution in [0, 0.1) is 11.3 Å². The van der Waals surface area contributed by atoms with Crippen molar-refractivity contribution in [1.82, 2.24) is 10.5 Å². The van der Waals surface area contributed by atoms with E-state index >= 15 is 0 Å². The molecule has 0 saturated heterocycles. The first kappa shape index (κ1) is 14.2. The number of rotatable bonds is 5. The van der Waals surface area contributed by atoms with E-state index in [1.165, 1.54) is 0 Å². The molecule has 100 valence electrons. The number of amides is 1. The molecule has 1 rings (SSSR count). The predicted molar refractivity (Wildman–Crippen MR) is 64.4 cm³/mol. The average Bonchev–Trinajstić information content (AvgIpc) is 2.75. The summed E-state index contributed by atoms with van der Waals surface area (Å²) >= 11 is 0. The lowest BCUT2D eigenvalue weighted by Crippen LogP contribution is -2.37. The highest BCUT2D eigenvalue weighted by Gasteiger charge is 2.24. The van der Waals surface area contributed by atoms with Gasteiger partial charge in [-0.05, 0) is 11.3 Å². The number of carboxylic acid groups (broad SMARTS) is 1. The molecular weight excluding hydrogens is 236 g/mol. The Morgan fingerprint density at radius 3 is 2.56 bits per heavy atom. The molecule has 0 aliphatic rings. The van der Waals surface area contributed by atoms with Crippen LogP contribution in [-0.2, 0) is 0 Å². The molecule has 1 aromatic rings. The van der Waals surface area contributed by atoms with E-state index in [9.17, 15) is 9.59 Å². The fraction of sp³-hybridized carbons (Fsp3) is 0.583. The molecule has 0 fully saturated rings. The maximum atomic E-state index is 11.7. The summed E-state index contributed by atoms with van der Waals surface area (Å²) in [6, 6.07) is 1.11. The second kappa shape index (κ2) is 5.20. The van der Waals surface area contributed by atoms with Crippen molar-refractivity contribution in [1.29, 1.82) is 0 Å². The molecule has 0 bridgehead atoms. The van der Waals surface area contributed by atoms with Gasteiger partial charge in [0.2, 0.25) is 5.76 Å². The summed E-state index contributed by atoms with van der Waals surface area (Å²) in [6.45, 7) is 8.72. The molecule has 1 heterocycles. The topological polar surface area (TPSA) is 92.4 Å². The van der Waals surface area contributed by atoms with Gasteiger partial charge in [-0.2, -0.15) is 0 Å². The van der Waals surface area contributed by atoms with E-state index in [1.54, 1.807) is 0 Å². The normalized spacial score (nSPS) is 11.6. The molecule has 0 radical (unpaired) electrons. The van der Waals surface area contributed by atoms with E-state index in [2.05, 4.69) is 28.8 Å². The van der Waals surface area contributed by atoms with Gasteiger partial charge in [-0.3, -0.25) is 4.79 Å². The number of carbonyl (C=O) groups is 2. The minimum Gasteiger partial charge on any atom is -0.475 e. The summed E-state index contributed by atoms with van der Waals surface area (Å²) < 4.78 is 4.52. The van der Waals surface area contributed by atoms with Crippen LogP contribution in [0.25, 0.3) is 0 Å². The van der Waals surface area contributed by atoms with Gasteiger partial charge in [0.1, 0.15) is 0 Å². The summed E-state index contributed by atoms with van der Waals surface area (Å²) in [5, 5.41) is 14.8. The van der Waals surface area contributed by atoms with Crippen molar-refractivity contribution in [3.05, 3.63) is 17.5 Å². The van der Waals surface area contributed by atoms with Gasteiger partial charge in [0.15, 0.2) is 5.69 Å². The number of hydrogen-bond donors (Lipinski definition) is 2. The zero-order valence-corrected chi connectivity index (χ0v) is 11.0. The lowest BCUT2D eigenvalue weighted by atomic mass is 9.81. The van der Waals surface area contributed by atoms with Gasteiger partial charge in [-0.15, -0.1) is 0 Å². The lowest BCUT2D eigenvalue weighted by molar-refractivity contribution is 0.0651. The van der Waals surface area contributed by atoms with Crippen molar-refractivity contribution in [3.63, 3.8) is 0 Å². The molecule has 2 N–H and O–H groups in total. The van der Waals surface area contributed by atoms with Gasteiger partial charge < -0.3 is 14.9 Å². The van der Waals surface area contributed by atoms with Gasteiger partial charge in [0, 0.05) is 12.6 Å². The van der Waals surface area contributed by atoms with Crippen LogP contribution in [-0.4, -0.2) is 28.7 Å². The Morgan fingerprint density at radius 1 is 1.50 bits per heavy atom. The molecule has 0 aliphatic carbocycles. The predicted octanol–water partition coefficient (Wildman–Crippen LogP) is 1.78. The van der Waals surface area contributed by atoms with Crippen molar-refractivity contribution in [2.24, 2.45) is 11.3 Å². The van der Waals surface area contributed by atoms with Gasteiger partial charge in [0.25, 0.3) is 5.91 Å². The molecule has 0 unspecified atom stereocenters. The fourth-order valence-corrected chi connectivity index (χ4v) is 1.09. The number of hydrogen-bond acceptors (Lipinski definition) is 4. The Bertz CT molecular complexity index is 449. The first-order chi connectivity index (χ1) is 8.24. The van der Waals surface area contributed by atoms with Crippen LogP contribution in [0.2, 0.25) is 0 Å². The Morgan fingerprint density at radius 2 is 2.11 bits per heavy atom. The summed E-state index contributed by atoms with van der Waals surface area (Å²) in [5.74, 6) is -1.61. The summed E-state index contributed by atoms with van der Waals surface area (Å²) in [6.07, 6.45) is 0. The molecule has 0 aliphatic heterocycles. The second-order valence-corrected chi connectivity index (χ2v) is 5.21. The van der Waals surface area contributed by atoms with Gasteiger partial charge in [-0.1, -0.05) is 32.9 Å². The van der Waals surface area contributed by atoms with Crippen LogP contribution in [0.1, 0.15) is 48.7 Å². The molecule has 6 nitrogen and oxygen atoms in total. The Labute approximate surface area is 105 Å². The van der Waals surface area contributed by atoms with Crippen LogP contribution in [0.15, 0.2) is 10.6 Å². The molecule has 0 aromatic carbocycles. The van der Waals surface area contributed by atoms with Crippen molar-refractivity contribution in [2.45, 2.75) is 27.7 Å². The van der Waals surface area contributed by atoms with E-state index in [1.807, 2.05) is 13.8 Å². The second-order valence-electron chi connectivity index (χ2n) is 5.21. The number of aromatic nitrogens is 1. The van der Waals surface area contributed by atoms with Crippen molar-refractivity contribution in [2.75, 3.05) is 6.54 Å². The monoisotopic (exact) mass is 254 g/mol. The zero-order valence-electron chi connectivity index (χ0n) is 11.0. The van der Waals surface area contributed by atoms with Crippen LogP contribution in [0.3, 0.4) is 0 Å². The highest BCUT2D eigenvalue weighted by molar-refractivity contribution is 5.94. The highest BCUT2D eigenvalue weighted by Crippen LogP contribution is 2.24. The smallest absolute Gasteiger partial charge is 0.374 e. The minimum atomic E-state index is -1.25. The maximum Gasteiger partial charge on any atom is 0.374 e.